The first-order valence-electron chi connectivity index (χ1n) is 6.49. The van der Waals surface area contributed by atoms with E-state index in [0.717, 1.165) is 18.7 Å². The van der Waals surface area contributed by atoms with E-state index in [-0.39, 0.29) is 5.97 Å². The highest BCUT2D eigenvalue weighted by atomic mass is 16.5. The van der Waals surface area contributed by atoms with Crippen molar-refractivity contribution in [2.24, 2.45) is 0 Å². The van der Waals surface area contributed by atoms with E-state index in [0.29, 0.717) is 6.42 Å². The molecule has 0 aliphatic carbocycles. The summed E-state index contributed by atoms with van der Waals surface area (Å²) in [4.78, 5) is 13.5. The van der Waals surface area contributed by atoms with Gasteiger partial charge in [0.25, 0.3) is 0 Å². The maximum atomic E-state index is 11.2. The lowest BCUT2D eigenvalue weighted by atomic mass is 10.1. The molecule has 0 N–H and O–H groups in total. The third-order valence-corrected chi connectivity index (χ3v) is 2.91. The zero-order valence-corrected chi connectivity index (χ0v) is 11.6. The minimum absolute atomic E-state index is 0.188. The monoisotopic (exact) mass is 249 g/mol. The number of carbonyl (C=O) groups is 1. The van der Waals surface area contributed by atoms with Crippen LogP contribution in [0, 0.1) is 0 Å². The lowest BCUT2D eigenvalue weighted by Gasteiger charge is -2.16. The van der Waals surface area contributed by atoms with Crippen molar-refractivity contribution in [1.82, 2.24) is 4.90 Å². The third-order valence-electron chi connectivity index (χ3n) is 2.91. The van der Waals surface area contributed by atoms with Gasteiger partial charge in [0, 0.05) is 6.54 Å². The van der Waals surface area contributed by atoms with Gasteiger partial charge in [-0.15, -0.1) is 0 Å². The molecule has 3 nitrogen and oxygen atoms in total. The molecule has 0 fully saturated rings. The van der Waals surface area contributed by atoms with Gasteiger partial charge in [0.05, 0.1) is 13.5 Å². The molecule has 0 spiro atoms. The van der Waals surface area contributed by atoms with Crippen LogP contribution in [0.15, 0.2) is 24.3 Å². The molecule has 1 aromatic carbocycles. The van der Waals surface area contributed by atoms with Gasteiger partial charge in [-0.2, -0.15) is 0 Å². The molecule has 0 amide bonds. The fraction of sp³-hybridized carbons (Fsp3) is 0.533. The number of unbranched alkanes of at least 4 members (excludes halogenated alkanes) is 1. The Morgan fingerprint density at radius 2 is 2.06 bits per heavy atom. The van der Waals surface area contributed by atoms with Crippen LogP contribution in [0.2, 0.25) is 0 Å². The molecule has 1 rings (SSSR count). The predicted octanol–water partition coefficient (Wildman–Crippen LogP) is 2.63. The van der Waals surface area contributed by atoms with E-state index in [4.69, 9.17) is 0 Å². The Labute approximate surface area is 110 Å². The molecular formula is C15H23NO2. The predicted molar refractivity (Wildman–Crippen MR) is 73.4 cm³/mol. The summed E-state index contributed by atoms with van der Waals surface area (Å²) in [5.41, 5.74) is 2.26. The molecule has 0 bridgehead atoms. The van der Waals surface area contributed by atoms with Gasteiger partial charge in [-0.05, 0) is 31.1 Å². The van der Waals surface area contributed by atoms with Crippen molar-refractivity contribution in [1.29, 1.82) is 0 Å². The number of ether oxygens (including phenoxy) is 1. The number of hydrogen-bond acceptors (Lipinski definition) is 3. The van der Waals surface area contributed by atoms with Crippen LogP contribution < -0.4 is 0 Å². The van der Waals surface area contributed by atoms with Crippen molar-refractivity contribution in [3.8, 4) is 0 Å². The van der Waals surface area contributed by atoms with Crippen LogP contribution >= 0.6 is 0 Å². The Morgan fingerprint density at radius 3 is 2.72 bits per heavy atom. The molecule has 100 valence electrons. The Morgan fingerprint density at radius 1 is 1.33 bits per heavy atom. The lowest BCUT2D eigenvalue weighted by molar-refractivity contribution is -0.139. The Hall–Kier alpha value is -1.35. The summed E-state index contributed by atoms with van der Waals surface area (Å²) in [6, 6.07) is 8.15. The van der Waals surface area contributed by atoms with Crippen molar-refractivity contribution in [3.05, 3.63) is 35.4 Å². The van der Waals surface area contributed by atoms with Gasteiger partial charge in [0.1, 0.15) is 0 Å². The molecule has 0 atom stereocenters. The van der Waals surface area contributed by atoms with Crippen molar-refractivity contribution in [2.45, 2.75) is 32.7 Å². The molecule has 1 aromatic rings. The van der Waals surface area contributed by atoms with Crippen LogP contribution in [0.4, 0.5) is 0 Å². The summed E-state index contributed by atoms with van der Waals surface area (Å²) in [6.45, 7) is 4.23. The van der Waals surface area contributed by atoms with E-state index in [1.807, 2.05) is 12.1 Å². The average molecular weight is 249 g/mol. The Balaban J connectivity index is 2.56. The number of methoxy groups -OCH3 is 1. The Bertz CT molecular complexity index is 377. The molecule has 0 aromatic heterocycles. The van der Waals surface area contributed by atoms with Gasteiger partial charge in [0.15, 0.2) is 0 Å². The van der Waals surface area contributed by atoms with E-state index < -0.39 is 0 Å². The van der Waals surface area contributed by atoms with Crippen molar-refractivity contribution in [2.75, 3.05) is 20.7 Å². The summed E-state index contributed by atoms with van der Waals surface area (Å²) in [7, 11) is 3.55. The fourth-order valence-corrected chi connectivity index (χ4v) is 1.90. The zero-order valence-electron chi connectivity index (χ0n) is 11.6. The topological polar surface area (TPSA) is 29.5 Å². The van der Waals surface area contributed by atoms with Crippen LogP contribution in [0.3, 0.4) is 0 Å². The van der Waals surface area contributed by atoms with Crippen LogP contribution in [-0.2, 0) is 22.5 Å². The van der Waals surface area contributed by atoms with E-state index >= 15 is 0 Å². The van der Waals surface area contributed by atoms with Crippen LogP contribution in [-0.4, -0.2) is 31.6 Å². The number of hydrogen-bond donors (Lipinski definition) is 0. The van der Waals surface area contributed by atoms with E-state index in [1.165, 1.54) is 25.5 Å². The third kappa shape index (κ3) is 5.32. The zero-order chi connectivity index (χ0) is 13.4. The first-order valence-corrected chi connectivity index (χ1v) is 6.49. The second-order valence-corrected chi connectivity index (χ2v) is 4.66. The quantitative estimate of drug-likeness (QED) is 0.696. The fourth-order valence-electron chi connectivity index (χ4n) is 1.90. The summed E-state index contributed by atoms with van der Waals surface area (Å²) in [5, 5.41) is 0. The molecule has 0 aliphatic rings. The van der Waals surface area contributed by atoms with Crippen molar-refractivity contribution in [3.63, 3.8) is 0 Å². The molecule has 3 heteroatoms. The minimum Gasteiger partial charge on any atom is -0.469 e. The molecular weight excluding hydrogens is 226 g/mol. The van der Waals surface area contributed by atoms with Gasteiger partial charge in [-0.1, -0.05) is 37.6 Å². The second-order valence-electron chi connectivity index (χ2n) is 4.66. The number of esters is 1. The van der Waals surface area contributed by atoms with Crippen LogP contribution in [0.1, 0.15) is 30.9 Å². The number of carbonyl (C=O) groups excluding carboxylic acids is 1. The van der Waals surface area contributed by atoms with Crippen molar-refractivity contribution >= 4 is 5.97 Å². The molecule has 0 saturated carbocycles. The lowest BCUT2D eigenvalue weighted by Crippen LogP contribution is -2.19. The average Bonchev–Trinajstić information content (AvgIpc) is 2.36. The molecule has 0 unspecified atom stereocenters. The largest absolute Gasteiger partial charge is 0.469 e. The van der Waals surface area contributed by atoms with Gasteiger partial charge in [-0.3, -0.25) is 4.79 Å². The maximum absolute atomic E-state index is 11.2. The number of nitrogens with zero attached hydrogens (tertiary/aromatic N) is 1. The first-order chi connectivity index (χ1) is 8.65. The van der Waals surface area contributed by atoms with Crippen molar-refractivity contribution < 1.29 is 9.53 Å². The maximum Gasteiger partial charge on any atom is 0.309 e. The SMILES string of the molecule is CCCCN(C)Cc1cccc(CC(=O)OC)c1. The smallest absolute Gasteiger partial charge is 0.309 e. The highest BCUT2D eigenvalue weighted by molar-refractivity contribution is 5.72. The summed E-state index contributed by atoms with van der Waals surface area (Å²) >= 11 is 0. The molecule has 18 heavy (non-hydrogen) atoms. The van der Waals surface area contributed by atoms with E-state index in [2.05, 4.69) is 35.7 Å². The van der Waals surface area contributed by atoms with E-state index in [1.54, 1.807) is 0 Å². The number of rotatable bonds is 7. The Kier molecular flexibility index (Phi) is 6.44. The minimum atomic E-state index is -0.188. The highest BCUT2D eigenvalue weighted by Gasteiger charge is 2.05. The first kappa shape index (κ1) is 14.7. The van der Waals surface area contributed by atoms with Crippen LogP contribution in [0.25, 0.3) is 0 Å². The number of benzene rings is 1. The molecule has 0 heterocycles. The van der Waals surface area contributed by atoms with Gasteiger partial charge < -0.3 is 9.64 Å². The van der Waals surface area contributed by atoms with E-state index in [9.17, 15) is 4.79 Å². The van der Waals surface area contributed by atoms with Gasteiger partial charge in [0.2, 0.25) is 0 Å². The molecule has 0 saturated heterocycles. The van der Waals surface area contributed by atoms with Crippen LogP contribution in [0.5, 0.6) is 0 Å². The molecule has 0 radical (unpaired) electrons. The normalized spacial score (nSPS) is 10.7. The summed E-state index contributed by atoms with van der Waals surface area (Å²) in [6.07, 6.45) is 2.79. The molecule has 0 aliphatic heterocycles. The van der Waals surface area contributed by atoms with Gasteiger partial charge >= 0.3 is 5.97 Å². The standard InChI is InChI=1S/C15H23NO2/c1-4-5-9-16(2)12-14-8-6-7-13(10-14)11-15(17)18-3/h6-8,10H,4-5,9,11-12H2,1-3H3. The van der Waals surface area contributed by atoms with Gasteiger partial charge in [-0.25, -0.2) is 0 Å². The summed E-state index contributed by atoms with van der Waals surface area (Å²) in [5.74, 6) is -0.188. The second kappa shape index (κ2) is 7.88. The highest BCUT2D eigenvalue weighted by Crippen LogP contribution is 2.09. The summed E-state index contributed by atoms with van der Waals surface area (Å²) < 4.78 is 4.68.